The van der Waals surface area contributed by atoms with Crippen LogP contribution in [0.5, 0.6) is 0 Å². The lowest BCUT2D eigenvalue weighted by Gasteiger charge is -2.31. The van der Waals surface area contributed by atoms with Crippen molar-refractivity contribution in [3.63, 3.8) is 0 Å². The smallest absolute Gasteiger partial charge is 0.169 e. The summed E-state index contributed by atoms with van der Waals surface area (Å²) in [5.74, 6) is 3.70. The lowest BCUT2D eigenvalue weighted by atomic mass is 10.1. The van der Waals surface area contributed by atoms with Gasteiger partial charge in [0.25, 0.3) is 0 Å². The van der Waals surface area contributed by atoms with E-state index in [1.54, 1.807) is 12.1 Å². The molecular formula is C17H20FN6O2P. The summed E-state index contributed by atoms with van der Waals surface area (Å²) in [5.41, 5.74) is 6.66. The number of alkyl halides is 1. The van der Waals surface area contributed by atoms with E-state index in [2.05, 4.69) is 38.6 Å². The number of ether oxygens (including phenoxy) is 1. The molecule has 0 saturated carbocycles. The van der Waals surface area contributed by atoms with Crippen molar-refractivity contribution in [1.82, 2.24) is 20.1 Å². The van der Waals surface area contributed by atoms with Crippen molar-refractivity contribution >= 4 is 31.5 Å². The van der Waals surface area contributed by atoms with Crippen LogP contribution in [0, 0.1) is 0 Å². The summed E-state index contributed by atoms with van der Waals surface area (Å²) in [7, 11) is 3.38. The van der Waals surface area contributed by atoms with Crippen molar-refractivity contribution in [2.75, 3.05) is 31.2 Å². The minimum atomic E-state index is -1.18. The van der Waals surface area contributed by atoms with E-state index in [4.69, 9.17) is 10.3 Å². The van der Waals surface area contributed by atoms with Gasteiger partial charge in [-0.25, -0.2) is 14.4 Å². The predicted octanol–water partition coefficient (Wildman–Crippen LogP) is 1.49. The van der Waals surface area contributed by atoms with Gasteiger partial charge in [0.1, 0.15) is 29.2 Å². The highest BCUT2D eigenvalue weighted by Crippen LogP contribution is 2.29. The highest BCUT2D eigenvalue weighted by Gasteiger charge is 2.36. The fourth-order valence-corrected chi connectivity index (χ4v) is 3.30. The largest absolute Gasteiger partial charge is 0.375 e. The van der Waals surface area contributed by atoms with Crippen LogP contribution in [0.1, 0.15) is 17.0 Å². The van der Waals surface area contributed by atoms with Crippen LogP contribution in [-0.2, 0) is 17.7 Å². The topological polar surface area (TPSA) is 106 Å². The Morgan fingerprint density at radius 1 is 1.41 bits per heavy atom. The van der Waals surface area contributed by atoms with Gasteiger partial charge in [-0.15, -0.1) is 8.86 Å². The molecule has 0 aliphatic carbocycles. The first kappa shape index (κ1) is 18.0. The fraction of sp³-hybridized carbons (Fsp3) is 0.412. The average Bonchev–Trinajstić information content (AvgIpc) is 3.32. The molecule has 3 N–H and O–H groups in total. The number of hydrogen-bond donors (Lipinski definition) is 2. The molecule has 0 radical (unpaired) electrons. The number of nitrogens with one attached hydrogen (secondary N) is 1. The van der Waals surface area contributed by atoms with E-state index < -0.39 is 5.67 Å². The van der Waals surface area contributed by atoms with E-state index in [1.165, 1.54) is 0 Å². The maximum absolute atomic E-state index is 12.4. The molecule has 0 spiro atoms. The standard InChI is InChI=1S/C13H12N5OP.C4H8FNO/c20-6-10-9-5-18(4-2-11(9)19-17-10)13-8-1-3-14-12(8)15-7-16-13;5-4(1-6)2-7-3-4/h1,3,6-7,20H,2,4-5H2,(H,14,15,16);1-3,6H2. The van der Waals surface area contributed by atoms with Crippen LogP contribution >= 0.6 is 8.86 Å². The number of aromatic amines is 1. The van der Waals surface area contributed by atoms with Crippen molar-refractivity contribution in [1.29, 1.82) is 0 Å². The molecule has 0 atom stereocenters. The summed E-state index contributed by atoms with van der Waals surface area (Å²) in [6.45, 7) is 2.06. The van der Waals surface area contributed by atoms with Crippen molar-refractivity contribution in [2.24, 2.45) is 5.73 Å². The van der Waals surface area contributed by atoms with Crippen LogP contribution in [0.4, 0.5) is 10.2 Å². The third-order valence-corrected chi connectivity index (χ3v) is 4.99. The molecular weight excluding hydrogens is 370 g/mol. The summed E-state index contributed by atoms with van der Waals surface area (Å²) < 4.78 is 22.3. The molecule has 1 fully saturated rings. The minimum absolute atomic E-state index is 0.0903. The van der Waals surface area contributed by atoms with Crippen LogP contribution in [0.3, 0.4) is 0 Å². The first-order valence-corrected chi connectivity index (χ1v) is 9.19. The molecule has 3 aromatic heterocycles. The number of halogens is 1. The van der Waals surface area contributed by atoms with E-state index in [0.717, 1.165) is 53.4 Å². The molecule has 0 unspecified atom stereocenters. The lowest BCUT2D eigenvalue weighted by Crippen LogP contribution is -2.51. The number of fused-ring (bicyclic) bond motifs is 2. The molecule has 0 amide bonds. The Kier molecular flexibility index (Phi) is 4.90. The summed E-state index contributed by atoms with van der Waals surface area (Å²) in [4.78, 5) is 14.0. The van der Waals surface area contributed by atoms with Crippen molar-refractivity contribution in [3.8, 4) is 0 Å². The molecule has 0 aromatic carbocycles. The van der Waals surface area contributed by atoms with Crippen molar-refractivity contribution < 1.29 is 13.7 Å². The van der Waals surface area contributed by atoms with Gasteiger partial charge in [-0.1, -0.05) is 5.16 Å². The summed E-state index contributed by atoms with van der Waals surface area (Å²) in [5, 5.41) is 5.09. The molecule has 2 aliphatic rings. The molecule has 142 valence electrons. The second kappa shape index (κ2) is 7.34. The molecule has 3 aromatic rings. The van der Waals surface area contributed by atoms with Gasteiger partial charge in [-0.05, 0) is 11.9 Å². The zero-order valence-corrected chi connectivity index (χ0v) is 15.6. The number of anilines is 1. The number of aromatic nitrogens is 4. The van der Waals surface area contributed by atoms with E-state index in [9.17, 15) is 4.39 Å². The third-order valence-electron chi connectivity index (χ3n) is 4.71. The number of nitrogens with zero attached hydrogens (tertiary/aromatic N) is 4. The number of H-pyrrole nitrogens is 1. The monoisotopic (exact) mass is 390 g/mol. The number of rotatable bonds is 3. The van der Waals surface area contributed by atoms with E-state index in [-0.39, 0.29) is 19.8 Å². The highest BCUT2D eigenvalue weighted by atomic mass is 31.0. The van der Waals surface area contributed by atoms with Crippen LogP contribution in [0.2, 0.25) is 0 Å². The summed E-state index contributed by atoms with van der Waals surface area (Å²) in [6.07, 6.45) is 4.31. The normalized spacial score (nSPS) is 17.6. The molecule has 5 rings (SSSR count). The van der Waals surface area contributed by atoms with Crippen LogP contribution in [0.15, 0.2) is 23.1 Å². The zero-order valence-electron chi connectivity index (χ0n) is 14.6. The second-order valence-electron chi connectivity index (χ2n) is 6.57. The van der Waals surface area contributed by atoms with Gasteiger partial charge in [-0.3, -0.25) is 0 Å². The summed E-state index contributed by atoms with van der Waals surface area (Å²) >= 11 is 0. The van der Waals surface area contributed by atoms with Gasteiger partial charge in [0, 0.05) is 31.3 Å². The number of hydrogen-bond acceptors (Lipinski definition) is 7. The Hall–Kier alpha value is -2.35. The van der Waals surface area contributed by atoms with Gasteiger partial charge in [-0.2, -0.15) is 0 Å². The first-order chi connectivity index (χ1) is 13.1. The van der Waals surface area contributed by atoms with Crippen LogP contribution in [-0.4, -0.2) is 57.9 Å². The van der Waals surface area contributed by atoms with Crippen LogP contribution in [0.25, 0.3) is 11.0 Å². The second-order valence-corrected chi connectivity index (χ2v) is 6.86. The van der Waals surface area contributed by atoms with E-state index in [0.29, 0.717) is 0 Å². The Labute approximate surface area is 157 Å². The maximum atomic E-state index is 12.4. The van der Waals surface area contributed by atoms with Crippen molar-refractivity contribution in [3.05, 3.63) is 35.6 Å². The Bertz CT molecular complexity index is 948. The van der Waals surface area contributed by atoms with Gasteiger partial charge < -0.3 is 24.9 Å². The molecule has 2 aliphatic heterocycles. The lowest BCUT2D eigenvalue weighted by molar-refractivity contribution is -0.123. The van der Waals surface area contributed by atoms with Gasteiger partial charge >= 0.3 is 0 Å². The minimum Gasteiger partial charge on any atom is -0.375 e. The predicted molar refractivity (Wildman–Crippen MR) is 102 cm³/mol. The Morgan fingerprint density at radius 2 is 2.26 bits per heavy atom. The third kappa shape index (κ3) is 3.45. The Balaban J connectivity index is 0.000000218. The molecule has 0 bridgehead atoms. The number of nitrogens with two attached hydrogens (primary N) is 1. The summed E-state index contributed by atoms with van der Waals surface area (Å²) in [6, 6.07) is 2.00. The van der Waals surface area contributed by atoms with Crippen LogP contribution < -0.4 is 10.6 Å². The quantitative estimate of drug-likeness (QED) is 0.653. The molecule has 27 heavy (non-hydrogen) atoms. The SMILES string of the molecule is NCC1(F)COC1.P=Cc1noc2c1CN(c1ncnc3[nH]ccc13)CC2. The zero-order chi connectivity index (χ0) is 18.9. The molecule has 1 saturated heterocycles. The van der Waals surface area contributed by atoms with Gasteiger partial charge in [0.15, 0.2) is 5.67 Å². The Morgan fingerprint density at radius 3 is 2.93 bits per heavy atom. The molecule has 10 heteroatoms. The molecule has 8 nitrogen and oxygen atoms in total. The average molecular weight is 390 g/mol. The van der Waals surface area contributed by atoms with Gasteiger partial charge in [0.05, 0.1) is 25.1 Å². The van der Waals surface area contributed by atoms with Crippen molar-refractivity contribution in [2.45, 2.75) is 18.6 Å². The van der Waals surface area contributed by atoms with Gasteiger partial charge in [0.2, 0.25) is 0 Å². The highest BCUT2D eigenvalue weighted by molar-refractivity contribution is 7.19. The van der Waals surface area contributed by atoms with E-state index in [1.807, 2.05) is 12.3 Å². The van der Waals surface area contributed by atoms with E-state index >= 15 is 0 Å². The maximum Gasteiger partial charge on any atom is 0.169 e. The first-order valence-electron chi connectivity index (χ1n) is 8.61. The fourth-order valence-electron chi connectivity index (χ4n) is 3.08. The molecule has 5 heterocycles.